The monoisotopic (exact) mass is 309 g/mol. The number of carboxylic acids is 1. The Morgan fingerprint density at radius 2 is 2.24 bits per heavy atom. The lowest BCUT2D eigenvalue weighted by Gasteiger charge is -2.34. The van der Waals surface area contributed by atoms with Crippen LogP contribution in [-0.4, -0.2) is 46.2 Å². The fraction of sp³-hybridized carbons (Fsp3) is 0.467. The van der Waals surface area contributed by atoms with Crippen molar-refractivity contribution in [1.82, 2.24) is 4.90 Å². The zero-order valence-electron chi connectivity index (χ0n) is 11.9. The number of hydrogen-bond donors (Lipinski definition) is 2. The normalized spacial score (nSPS) is 19.1. The van der Waals surface area contributed by atoms with Crippen molar-refractivity contribution < 1.29 is 19.8 Å². The minimum absolute atomic E-state index is 0.0120. The van der Waals surface area contributed by atoms with Crippen LogP contribution in [0.25, 0.3) is 6.08 Å². The Balaban J connectivity index is 2.19. The molecule has 1 fully saturated rings. The molecule has 0 spiro atoms. The van der Waals surface area contributed by atoms with Crippen molar-refractivity contribution in [2.45, 2.75) is 32.2 Å². The summed E-state index contributed by atoms with van der Waals surface area (Å²) >= 11 is 1.29. The summed E-state index contributed by atoms with van der Waals surface area (Å²) in [6.07, 6.45) is 5.41. The number of piperidine rings is 1. The first-order valence-electron chi connectivity index (χ1n) is 6.96. The van der Waals surface area contributed by atoms with Gasteiger partial charge in [-0.2, -0.15) is 0 Å². The molecule has 2 heterocycles. The molecule has 6 heteroatoms. The van der Waals surface area contributed by atoms with Crippen LogP contribution in [0.5, 0.6) is 0 Å². The topological polar surface area (TPSA) is 77.8 Å². The van der Waals surface area contributed by atoms with Crippen LogP contribution in [0.1, 0.15) is 39.4 Å². The third kappa shape index (κ3) is 3.71. The predicted octanol–water partition coefficient (Wildman–Crippen LogP) is 2.14. The molecule has 0 aromatic carbocycles. The van der Waals surface area contributed by atoms with E-state index in [0.717, 1.165) is 35.8 Å². The highest BCUT2D eigenvalue weighted by Crippen LogP contribution is 2.27. The molecule has 0 radical (unpaired) electrons. The molecule has 1 amide bonds. The van der Waals surface area contributed by atoms with Crippen LogP contribution >= 0.6 is 11.3 Å². The fourth-order valence-corrected chi connectivity index (χ4v) is 3.55. The number of thiophene rings is 1. The summed E-state index contributed by atoms with van der Waals surface area (Å²) in [6.45, 7) is 2.51. The van der Waals surface area contributed by atoms with E-state index in [1.54, 1.807) is 11.0 Å². The van der Waals surface area contributed by atoms with Crippen molar-refractivity contribution in [2.24, 2.45) is 0 Å². The van der Waals surface area contributed by atoms with Crippen molar-refractivity contribution in [2.75, 3.05) is 13.2 Å². The highest BCUT2D eigenvalue weighted by atomic mass is 32.1. The molecule has 1 aliphatic heterocycles. The molecule has 0 bridgehead atoms. The summed E-state index contributed by atoms with van der Waals surface area (Å²) in [5, 5.41) is 18.1. The van der Waals surface area contributed by atoms with Gasteiger partial charge in [0.15, 0.2) is 0 Å². The number of carbonyl (C=O) groups is 2. The van der Waals surface area contributed by atoms with Crippen molar-refractivity contribution in [1.29, 1.82) is 0 Å². The van der Waals surface area contributed by atoms with Crippen LogP contribution in [0.15, 0.2) is 12.1 Å². The van der Waals surface area contributed by atoms with E-state index in [1.165, 1.54) is 17.4 Å². The van der Waals surface area contributed by atoms with Gasteiger partial charge in [0, 0.05) is 17.5 Å². The predicted molar refractivity (Wildman–Crippen MR) is 81.5 cm³/mol. The first kappa shape index (κ1) is 15.7. The lowest BCUT2D eigenvalue weighted by atomic mass is 10.0. The average molecular weight is 309 g/mol. The van der Waals surface area contributed by atoms with Gasteiger partial charge in [0.05, 0.1) is 17.5 Å². The number of carboxylic acid groups (broad SMARTS) is 1. The first-order chi connectivity index (χ1) is 10.0. The van der Waals surface area contributed by atoms with Gasteiger partial charge in [0.2, 0.25) is 0 Å². The molecule has 1 saturated heterocycles. The Morgan fingerprint density at radius 3 is 2.90 bits per heavy atom. The summed E-state index contributed by atoms with van der Waals surface area (Å²) in [5.74, 6) is -1.08. The maximum absolute atomic E-state index is 12.6. The van der Waals surface area contributed by atoms with E-state index in [-0.39, 0.29) is 18.6 Å². The third-order valence-electron chi connectivity index (χ3n) is 3.64. The van der Waals surface area contributed by atoms with Gasteiger partial charge in [-0.3, -0.25) is 4.79 Å². The Hall–Kier alpha value is -1.66. The second kappa shape index (κ2) is 6.87. The van der Waals surface area contributed by atoms with E-state index in [0.29, 0.717) is 11.4 Å². The SMILES string of the molecule is Cc1cc(C(=O)N2CCCCC2CO)sc1/C=C/C(=O)O. The molecule has 1 aliphatic rings. The van der Waals surface area contributed by atoms with Gasteiger partial charge < -0.3 is 15.1 Å². The number of aliphatic hydroxyl groups is 1. The largest absolute Gasteiger partial charge is 0.478 e. The summed E-state index contributed by atoms with van der Waals surface area (Å²) in [7, 11) is 0. The Kier molecular flexibility index (Phi) is 5.14. The lowest BCUT2D eigenvalue weighted by molar-refractivity contribution is -0.131. The molecule has 1 aromatic rings. The zero-order valence-corrected chi connectivity index (χ0v) is 12.7. The number of aryl methyl sites for hydroxylation is 1. The molecule has 5 nitrogen and oxygen atoms in total. The molecule has 114 valence electrons. The molecule has 2 rings (SSSR count). The number of aliphatic hydroxyl groups excluding tert-OH is 1. The van der Waals surface area contributed by atoms with Crippen molar-refractivity contribution in [3.05, 3.63) is 27.5 Å². The van der Waals surface area contributed by atoms with E-state index < -0.39 is 5.97 Å². The van der Waals surface area contributed by atoms with Crippen LogP contribution in [0.3, 0.4) is 0 Å². The van der Waals surface area contributed by atoms with Gasteiger partial charge in [-0.25, -0.2) is 4.79 Å². The summed E-state index contributed by atoms with van der Waals surface area (Å²) in [5.41, 5.74) is 0.887. The molecule has 21 heavy (non-hydrogen) atoms. The van der Waals surface area contributed by atoms with E-state index >= 15 is 0 Å². The number of likely N-dealkylation sites (tertiary alicyclic amines) is 1. The Labute approximate surface area is 127 Å². The van der Waals surface area contributed by atoms with Gasteiger partial charge in [-0.05, 0) is 43.9 Å². The van der Waals surface area contributed by atoms with E-state index in [1.807, 2.05) is 6.92 Å². The Morgan fingerprint density at radius 1 is 1.48 bits per heavy atom. The van der Waals surface area contributed by atoms with Gasteiger partial charge in [0.1, 0.15) is 0 Å². The molecule has 1 unspecified atom stereocenters. The lowest BCUT2D eigenvalue weighted by Crippen LogP contribution is -2.45. The molecule has 1 atom stereocenters. The second-order valence-electron chi connectivity index (χ2n) is 5.16. The average Bonchev–Trinajstić information content (AvgIpc) is 2.85. The number of carbonyl (C=O) groups excluding carboxylic acids is 1. The van der Waals surface area contributed by atoms with Gasteiger partial charge >= 0.3 is 5.97 Å². The minimum atomic E-state index is -1.01. The Bertz CT molecular complexity index is 564. The van der Waals surface area contributed by atoms with E-state index in [2.05, 4.69) is 0 Å². The highest BCUT2D eigenvalue weighted by Gasteiger charge is 2.28. The summed E-state index contributed by atoms with van der Waals surface area (Å²) in [4.78, 5) is 26.2. The number of rotatable bonds is 4. The quantitative estimate of drug-likeness (QED) is 0.835. The van der Waals surface area contributed by atoms with Crippen molar-refractivity contribution >= 4 is 29.3 Å². The summed E-state index contributed by atoms with van der Waals surface area (Å²) < 4.78 is 0. The van der Waals surface area contributed by atoms with Gasteiger partial charge in [-0.1, -0.05) is 0 Å². The standard InChI is InChI=1S/C15H19NO4S/c1-10-8-13(21-12(10)5-6-14(18)19)15(20)16-7-3-2-4-11(16)9-17/h5-6,8,11,17H,2-4,7,9H2,1H3,(H,18,19)/b6-5+. The van der Waals surface area contributed by atoms with Crippen LogP contribution in [-0.2, 0) is 4.79 Å². The van der Waals surface area contributed by atoms with E-state index in [4.69, 9.17) is 5.11 Å². The number of aliphatic carboxylic acids is 1. The maximum Gasteiger partial charge on any atom is 0.328 e. The van der Waals surface area contributed by atoms with Gasteiger partial charge in [0.25, 0.3) is 5.91 Å². The molecule has 0 saturated carbocycles. The third-order valence-corrected chi connectivity index (χ3v) is 4.83. The molecule has 1 aromatic heterocycles. The molecule has 0 aliphatic carbocycles. The van der Waals surface area contributed by atoms with Crippen LogP contribution in [0.4, 0.5) is 0 Å². The number of amides is 1. The second-order valence-corrected chi connectivity index (χ2v) is 6.24. The molecular formula is C15H19NO4S. The van der Waals surface area contributed by atoms with Crippen LogP contribution in [0.2, 0.25) is 0 Å². The smallest absolute Gasteiger partial charge is 0.328 e. The fourth-order valence-electron chi connectivity index (χ4n) is 2.51. The van der Waals surface area contributed by atoms with Gasteiger partial charge in [-0.15, -0.1) is 11.3 Å². The zero-order chi connectivity index (χ0) is 15.4. The van der Waals surface area contributed by atoms with Crippen LogP contribution < -0.4 is 0 Å². The maximum atomic E-state index is 12.6. The molecular weight excluding hydrogens is 290 g/mol. The van der Waals surface area contributed by atoms with E-state index in [9.17, 15) is 14.7 Å². The molecule has 2 N–H and O–H groups in total. The number of nitrogens with zero attached hydrogens (tertiary/aromatic N) is 1. The van der Waals surface area contributed by atoms with Crippen molar-refractivity contribution in [3.63, 3.8) is 0 Å². The summed E-state index contributed by atoms with van der Waals surface area (Å²) in [6, 6.07) is 1.68. The minimum Gasteiger partial charge on any atom is -0.478 e. The number of hydrogen-bond acceptors (Lipinski definition) is 4. The van der Waals surface area contributed by atoms with Crippen LogP contribution in [0, 0.1) is 6.92 Å². The van der Waals surface area contributed by atoms with Crippen molar-refractivity contribution in [3.8, 4) is 0 Å². The first-order valence-corrected chi connectivity index (χ1v) is 7.78. The highest BCUT2D eigenvalue weighted by molar-refractivity contribution is 7.15.